The Morgan fingerprint density at radius 1 is 1.31 bits per heavy atom. The van der Waals surface area contributed by atoms with Crippen molar-refractivity contribution in [1.82, 2.24) is 0 Å². The van der Waals surface area contributed by atoms with Crippen LogP contribution < -0.4 is 0 Å². The number of allylic oxidation sites excluding steroid dienone is 4. The summed E-state index contributed by atoms with van der Waals surface area (Å²) in [6.07, 6.45) is 12.5. The summed E-state index contributed by atoms with van der Waals surface area (Å²) in [4.78, 5) is 0. The topological polar surface area (TPSA) is 0 Å². The van der Waals surface area contributed by atoms with Crippen molar-refractivity contribution in [3.8, 4) is 0 Å². The van der Waals surface area contributed by atoms with Crippen LogP contribution in [0.5, 0.6) is 0 Å². The van der Waals surface area contributed by atoms with Crippen LogP contribution in [0.2, 0.25) is 0 Å². The second-order valence-corrected chi connectivity index (χ2v) is 2.41. The molecule has 1 aliphatic carbocycles. The van der Waals surface area contributed by atoms with Crippen molar-refractivity contribution in [3.05, 3.63) is 23.8 Å². The van der Waals surface area contributed by atoms with E-state index in [9.17, 15) is 0 Å². The smallest absolute Gasteiger partial charge is 0 e. The van der Waals surface area contributed by atoms with Crippen molar-refractivity contribution in [2.75, 3.05) is 0 Å². The Morgan fingerprint density at radius 3 is 2.31 bits per heavy atom. The third-order valence-corrected chi connectivity index (χ3v) is 1.57. The molecule has 1 rings (SSSR count). The molecule has 13 heavy (non-hydrogen) atoms. The molecule has 78 valence electrons. The van der Waals surface area contributed by atoms with Crippen molar-refractivity contribution in [3.63, 3.8) is 0 Å². The van der Waals surface area contributed by atoms with Crippen LogP contribution in [-0.4, -0.2) is 0 Å². The van der Waals surface area contributed by atoms with Gasteiger partial charge in [-0.3, -0.25) is 6.08 Å². The second kappa shape index (κ2) is 16.2. The molecule has 0 fully saturated rings. The molecule has 0 aromatic rings. The molecule has 0 saturated heterocycles. The van der Waals surface area contributed by atoms with Crippen LogP contribution in [0.1, 0.15) is 32.6 Å². The number of hydrogen-bond acceptors (Lipinski definition) is 0. The van der Waals surface area contributed by atoms with Gasteiger partial charge in [0.25, 0.3) is 0 Å². The Kier molecular flexibility index (Phi) is 30.2. The van der Waals surface area contributed by atoms with Gasteiger partial charge in [0, 0.05) is 25.8 Å². The van der Waals surface area contributed by atoms with E-state index in [-0.39, 0.29) is 76.8 Å². The van der Waals surface area contributed by atoms with E-state index in [2.05, 4.69) is 25.2 Å². The van der Waals surface area contributed by atoms with Crippen LogP contribution in [0.4, 0.5) is 0 Å². The largest absolute Gasteiger partial charge is 0.269 e. The average Bonchev–Trinajstić information content (AvgIpc) is 2.34. The molecule has 0 atom stereocenters. The first-order valence-corrected chi connectivity index (χ1v) is 3.69. The average molecular weight is 542 g/mol. The van der Waals surface area contributed by atoms with Gasteiger partial charge in [0.1, 0.15) is 0 Å². The third kappa shape index (κ3) is 11.7. The molecule has 0 aromatic heterocycles. The quantitative estimate of drug-likeness (QED) is 0.362. The molecule has 0 heterocycles. The molecule has 0 aromatic carbocycles. The summed E-state index contributed by atoms with van der Waals surface area (Å²) in [6, 6.07) is 0. The van der Waals surface area contributed by atoms with Gasteiger partial charge in [-0.05, 0) is 0 Å². The van der Waals surface area contributed by atoms with E-state index in [1.54, 1.807) is 0 Å². The molecule has 0 bridgehead atoms. The van der Waals surface area contributed by atoms with Crippen LogP contribution in [0.15, 0.2) is 17.7 Å². The predicted molar refractivity (Wildman–Crippen MR) is 71.0 cm³/mol. The molecule has 4 heteroatoms. The van der Waals surface area contributed by atoms with E-state index in [0.717, 1.165) is 6.42 Å². The van der Waals surface area contributed by atoms with E-state index in [0.29, 0.717) is 0 Å². The van der Waals surface area contributed by atoms with Gasteiger partial charge in [0.2, 0.25) is 0 Å². The summed E-state index contributed by atoms with van der Waals surface area (Å²) >= 11 is 0. The van der Waals surface area contributed by atoms with Crippen molar-refractivity contribution in [2.24, 2.45) is 0 Å². The minimum atomic E-state index is 0. The van der Waals surface area contributed by atoms with Gasteiger partial charge in [-0.1, -0.05) is 26.2 Å². The third-order valence-electron chi connectivity index (χ3n) is 1.57. The normalized spacial score (nSPS) is 11.3. The van der Waals surface area contributed by atoms with Gasteiger partial charge < -0.3 is 0 Å². The van der Waals surface area contributed by atoms with Gasteiger partial charge >= 0.3 is 0 Å². The Labute approximate surface area is 132 Å². The van der Waals surface area contributed by atoms with E-state index in [4.69, 9.17) is 0 Å². The SMILES string of the molecule is Br.Br.Br.CCCCC1=[C-]CC=C1.[Hf]. The summed E-state index contributed by atoms with van der Waals surface area (Å²) in [7, 11) is 0. The number of rotatable bonds is 3. The molecule has 0 radical (unpaired) electrons. The van der Waals surface area contributed by atoms with Crippen LogP contribution in [-0.2, 0) is 25.8 Å². The van der Waals surface area contributed by atoms with Crippen molar-refractivity contribution in [1.29, 1.82) is 0 Å². The summed E-state index contributed by atoms with van der Waals surface area (Å²) in [5.74, 6) is 0. The van der Waals surface area contributed by atoms with Crippen LogP contribution in [0.3, 0.4) is 0 Å². The Balaban J connectivity index is -0.000000101. The van der Waals surface area contributed by atoms with E-state index in [1.807, 2.05) is 0 Å². The number of unbranched alkanes of at least 4 members (excludes halogenated alkanes) is 1. The zero-order valence-corrected chi connectivity index (χ0v) is 16.4. The molecule has 1 aliphatic rings. The molecule has 0 saturated carbocycles. The standard InChI is InChI=1S/C9H13.3BrH.Hf/c1-2-3-6-9-7-4-5-8-9;;;;/h4,7H,2-3,5-6H2,1H3;3*1H;/q-1;;;;. The van der Waals surface area contributed by atoms with Gasteiger partial charge in [0.15, 0.2) is 0 Å². The molecular weight excluding hydrogens is 526 g/mol. The van der Waals surface area contributed by atoms with E-state index in [1.165, 1.54) is 24.8 Å². The van der Waals surface area contributed by atoms with E-state index < -0.39 is 0 Å². The maximum atomic E-state index is 3.30. The molecule has 0 unspecified atom stereocenters. The Morgan fingerprint density at radius 2 is 1.92 bits per heavy atom. The fourth-order valence-corrected chi connectivity index (χ4v) is 0.989. The number of hydrogen-bond donors (Lipinski definition) is 0. The molecule has 0 amide bonds. The van der Waals surface area contributed by atoms with Gasteiger partial charge in [0.05, 0.1) is 0 Å². The van der Waals surface area contributed by atoms with Crippen LogP contribution in [0, 0.1) is 6.08 Å². The van der Waals surface area contributed by atoms with Crippen molar-refractivity contribution >= 4 is 50.9 Å². The molecule has 0 aliphatic heterocycles. The number of halogens is 3. The Bertz CT molecular complexity index is 144. The fourth-order valence-electron chi connectivity index (χ4n) is 0.989. The zero-order valence-electron chi connectivity index (χ0n) is 7.71. The molecular formula is C9H16Br3Hf-. The predicted octanol–water partition coefficient (Wildman–Crippen LogP) is 4.60. The van der Waals surface area contributed by atoms with E-state index >= 15 is 0 Å². The van der Waals surface area contributed by atoms with Crippen molar-refractivity contribution in [2.45, 2.75) is 32.6 Å². The zero-order chi connectivity index (χ0) is 6.53. The summed E-state index contributed by atoms with van der Waals surface area (Å²) in [5, 5.41) is 0. The first kappa shape index (κ1) is 24.2. The van der Waals surface area contributed by atoms with Crippen molar-refractivity contribution < 1.29 is 25.8 Å². The Hall–Kier alpha value is 1.79. The minimum Gasteiger partial charge on any atom is -0.269 e. The molecule has 0 nitrogen and oxygen atoms in total. The van der Waals surface area contributed by atoms with Gasteiger partial charge in [-0.25, -0.2) is 11.6 Å². The first-order valence-electron chi connectivity index (χ1n) is 3.69. The minimum absolute atomic E-state index is 0. The maximum Gasteiger partial charge on any atom is 0 e. The molecule has 0 N–H and O–H groups in total. The summed E-state index contributed by atoms with van der Waals surface area (Å²) in [5.41, 5.74) is 1.41. The monoisotopic (exact) mass is 541 g/mol. The van der Waals surface area contributed by atoms with Gasteiger partial charge in [-0.15, -0.1) is 57.4 Å². The summed E-state index contributed by atoms with van der Waals surface area (Å²) < 4.78 is 0. The first-order chi connectivity index (χ1) is 4.43. The molecule has 0 spiro atoms. The summed E-state index contributed by atoms with van der Waals surface area (Å²) in [6.45, 7) is 2.22. The second-order valence-electron chi connectivity index (χ2n) is 2.41. The van der Waals surface area contributed by atoms with Gasteiger partial charge in [-0.2, -0.15) is 6.08 Å². The van der Waals surface area contributed by atoms with Crippen LogP contribution in [0.25, 0.3) is 0 Å². The van der Waals surface area contributed by atoms with Crippen LogP contribution >= 0.6 is 50.9 Å². The maximum absolute atomic E-state index is 3.30. The fraction of sp³-hybridized carbons (Fsp3) is 0.556.